The van der Waals surface area contributed by atoms with Crippen LogP contribution in [0, 0.1) is 0 Å². The highest BCUT2D eigenvalue weighted by Crippen LogP contribution is 1.97. The van der Waals surface area contributed by atoms with Gasteiger partial charge in [-0.05, 0) is 5.75 Å². The van der Waals surface area contributed by atoms with Crippen LogP contribution in [0.15, 0.2) is 17.0 Å². The van der Waals surface area contributed by atoms with E-state index in [1.165, 1.54) is 6.39 Å². The average Bonchev–Trinajstić information content (AvgIpc) is 2.19. The quantitative estimate of drug-likeness (QED) is 0.606. The maximum Gasteiger partial charge on any atom is 0.180 e. The molecule has 0 atom stereocenters. The zero-order valence-electron chi connectivity index (χ0n) is 4.37. The van der Waals surface area contributed by atoms with E-state index in [0.29, 0.717) is 0 Å². The summed E-state index contributed by atoms with van der Waals surface area (Å²) in [5.74, 6) is 1.72. The molecular weight excluding hydrogens is 122 g/mol. The van der Waals surface area contributed by atoms with Gasteiger partial charge in [-0.1, -0.05) is 0 Å². The van der Waals surface area contributed by atoms with E-state index in [4.69, 9.17) is 4.42 Å². The Morgan fingerprint density at radius 3 is 3.12 bits per heavy atom. The molecule has 8 heavy (non-hydrogen) atoms. The molecule has 0 radical (unpaired) electrons. The van der Waals surface area contributed by atoms with Crippen molar-refractivity contribution in [1.82, 2.24) is 4.98 Å². The van der Waals surface area contributed by atoms with E-state index in [2.05, 4.69) is 17.6 Å². The minimum Gasteiger partial charge on any atom is -0.448 e. The van der Waals surface area contributed by atoms with Crippen molar-refractivity contribution in [3.8, 4) is 0 Å². The first-order valence-electron chi connectivity index (χ1n) is 2.41. The molecule has 1 heterocycles. The van der Waals surface area contributed by atoms with Crippen molar-refractivity contribution in [2.24, 2.45) is 0 Å². The van der Waals surface area contributed by atoms with Crippen molar-refractivity contribution in [2.75, 3.05) is 5.75 Å². The minimum atomic E-state index is 0.815. The van der Waals surface area contributed by atoms with Gasteiger partial charge in [-0.15, -0.1) is 0 Å². The predicted octanol–water partition coefficient (Wildman–Crippen LogP) is 1.15. The van der Waals surface area contributed by atoms with Gasteiger partial charge in [-0.25, -0.2) is 4.98 Å². The van der Waals surface area contributed by atoms with Crippen LogP contribution in [0.1, 0.15) is 5.76 Å². The molecule has 3 heteroatoms. The van der Waals surface area contributed by atoms with E-state index in [1.807, 2.05) is 0 Å². The fraction of sp³-hybridized carbons (Fsp3) is 0.400. The van der Waals surface area contributed by atoms with Crippen molar-refractivity contribution in [1.29, 1.82) is 0 Å². The summed E-state index contributed by atoms with van der Waals surface area (Å²) in [5.41, 5.74) is 0. The van der Waals surface area contributed by atoms with Crippen LogP contribution in [0.4, 0.5) is 0 Å². The summed E-state index contributed by atoms with van der Waals surface area (Å²) in [4.78, 5) is 3.74. The highest BCUT2D eigenvalue weighted by atomic mass is 32.1. The monoisotopic (exact) mass is 129 g/mol. The number of aryl methyl sites for hydroxylation is 1. The molecule has 44 valence electrons. The van der Waals surface area contributed by atoms with Gasteiger partial charge in [0.2, 0.25) is 0 Å². The Kier molecular flexibility index (Phi) is 1.97. The van der Waals surface area contributed by atoms with E-state index in [9.17, 15) is 0 Å². The van der Waals surface area contributed by atoms with Crippen LogP contribution in [0.3, 0.4) is 0 Å². The molecule has 1 aromatic heterocycles. The Balaban J connectivity index is 2.50. The molecule has 0 spiro atoms. The number of rotatable bonds is 2. The second-order valence-corrected chi connectivity index (χ2v) is 1.89. The third kappa shape index (κ3) is 1.26. The molecule has 0 amide bonds. The van der Waals surface area contributed by atoms with Crippen LogP contribution < -0.4 is 0 Å². The first-order valence-corrected chi connectivity index (χ1v) is 3.05. The first kappa shape index (κ1) is 5.69. The summed E-state index contributed by atoms with van der Waals surface area (Å²) in [7, 11) is 0. The highest BCUT2D eigenvalue weighted by Gasteiger charge is 1.90. The van der Waals surface area contributed by atoms with Gasteiger partial charge in [0, 0.05) is 6.42 Å². The third-order valence-electron chi connectivity index (χ3n) is 0.842. The molecule has 0 aliphatic carbocycles. The zero-order valence-corrected chi connectivity index (χ0v) is 5.27. The Bertz CT molecular complexity index is 138. The Morgan fingerprint density at radius 1 is 1.75 bits per heavy atom. The van der Waals surface area contributed by atoms with Crippen LogP contribution in [0.2, 0.25) is 0 Å². The van der Waals surface area contributed by atoms with Crippen LogP contribution in [-0.4, -0.2) is 10.7 Å². The summed E-state index contributed by atoms with van der Waals surface area (Å²) in [5, 5.41) is 0. The molecule has 0 bridgehead atoms. The van der Waals surface area contributed by atoms with Gasteiger partial charge in [-0.3, -0.25) is 0 Å². The average molecular weight is 129 g/mol. The number of oxazole rings is 1. The highest BCUT2D eigenvalue weighted by molar-refractivity contribution is 7.80. The number of nitrogens with zero attached hydrogens (tertiary/aromatic N) is 1. The van der Waals surface area contributed by atoms with Crippen molar-refractivity contribution < 1.29 is 4.42 Å². The molecule has 0 aliphatic heterocycles. The van der Waals surface area contributed by atoms with Gasteiger partial charge in [0.05, 0.1) is 6.20 Å². The van der Waals surface area contributed by atoms with Gasteiger partial charge in [-0.2, -0.15) is 12.6 Å². The lowest BCUT2D eigenvalue weighted by atomic mass is 10.4. The van der Waals surface area contributed by atoms with E-state index in [-0.39, 0.29) is 0 Å². The molecule has 0 aliphatic rings. The van der Waals surface area contributed by atoms with Crippen molar-refractivity contribution in [3.05, 3.63) is 18.4 Å². The van der Waals surface area contributed by atoms with Crippen LogP contribution in [-0.2, 0) is 6.42 Å². The summed E-state index contributed by atoms with van der Waals surface area (Å²) in [6, 6.07) is 0. The van der Waals surface area contributed by atoms with E-state index in [1.54, 1.807) is 6.20 Å². The third-order valence-corrected chi connectivity index (χ3v) is 1.07. The predicted molar refractivity (Wildman–Crippen MR) is 34.1 cm³/mol. The van der Waals surface area contributed by atoms with E-state index in [0.717, 1.165) is 17.9 Å². The fourth-order valence-electron chi connectivity index (χ4n) is 0.476. The Labute approximate surface area is 53.3 Å². The molecule has 0 saturated carbocycles. The molecule has 1 rings (SSSR count). The lowest BCUT2D eigenvalue weighted by molar-refractivity contribution is 0.511. The van der Waals surface area contributed by atoms with Gasteiger partial charge in [0.25, 0.3) is 0 Å². The number of hydrogen-bond acceptors (Lipinski definition) is 3. The summed E-state index contributed by atoms with van der Waals surface area (Å²) in [6.45, 7) is 0. The molecule has 0 N–H and O–H groups in total. The normalized spacial score (nSPS) is 9.62. The molecule has 0 aromatic carbocycles. The van der Waals surface area contributed by atoms with Crippen molar-refractivity contribution >= 4 is 12.6 Å². The first-order chi connectivity index (χ1) is 3.93. The van der Waals surface area contributed by atoms with Gasteiger partial charge in [0.1, 0.15) is 5.76 Å². The number of thiol groups is 1. The molecular formula is C5H7NOS. The van der Waals surface area contributed by atoms with Crippen LogP contribution in [0.25, 0.3) is 0 Å². The molecule has 0 fully saturated rings. The minimum absolute atomic E-state index is 0.815. The second kappa shape index (κ2) is 2.77. The number of hydrogen-bond donors (Lipinski definition) is 1. The second-order valence-electron chi connectivity index (χ2n) is 1.44. The molecule has 1 aromatic rings. The summed E-state index contributed by atoms with van der Waals surface area (Å²) < 4.78 is 4.91. The Morgan fingerprint density at radius 2 is 2.62 bits per heavy atom. The zero-order chi connectivity index (χ0) is 5.82. The van der Waals surface area contributed by atoms with E-state index >= 15 is 0 Å². The summed E-state index contributed by atoms with van der Waals surface area (Å²) >= 11 is 4.02. The molecule has 2 nitrogen and oxygen atoms in total. The summed E-state index contributed by atoms with van der Waals surface area (Å²) in [6.07, 6.45) is 4.00. The van der Waals surface area contributed by atoms with Gasteiger partial charge in [0.15, 0.2) is 6.39 Å². The fourth-order valence-corrected chi connectivity index (χ4v) is 0.696. The standard InChI is InChI=1S/C5H7NOS/c8-2-1-5-3-6-4-7-5/h3-4,8H,1-2H2. The van der Waals surface area contributed by atoms with Crippen LogP contribution in [0.5, 0.6) is 0 Å². The largest absolute Gasteiger partial charge is 0.448 e. The maximum absolute atomic E-state index is 4.91. The van der Waals surface area contributed by atoms with Crippen molar-refractivity contribution in [3.63, 3.8) is 0 Å². The van der Waals surface area contributed by atoms with Gasteiger partial charge >= 0.3 is 0 Å². The Hall–Kier alpha value is -0.440. The smallest absolute Gasteiger partial charge is 0.180 e. The molecule has 0 unspecified atom stereocenters. The van der Waals surface area contributed by atoms with E-state index < -0.39 is 0 Å². The van der Waals surface area contributed by atoms with Crippen molar-refractivity contribution in [2.45, 2.75) is 6.42 Å². The number of aromatic nitrogens is 1. The van der Waals surface area contributed by atoms with Crippen LogP contribution >= 0.6 is 12.6 Å². The SMILES string of the molecule is SCCc1cnco1. The lowest BCUT2D eigenvalue weighted by Gasteiger charge is -1.83. The topological polar surface area (TPSA) is 26.0 Å². The molecule has 0 saturated heterocycles. The van der Waals surface area contributed by atoms with Gasteiger partial charge < -0.3 is 4.42 Å². The lowest BCUT2D eigenvalue weighted by Crippen LogP contribution is -1.79. The maximum atomic E-state index is 4.91.